The summed E-state index contributed by atoms with van der Waals surface area (Å²) in [5.74, 6) is 0.520. The molecule has 0 saturated carbocycles. The van der Waals surface area contributed by atoms with Gasteiger partial charge in [0.15, 0.2) is 0 Å². The van der Waals surface area contributed by atoms with Gasteiger partial charge < -0.3 is 10.5 Å². The number of nitrogens with zero attached hydrogens (tertiary/aromatic N) is 1. The van der Waals surface area contributed by atoms with Crippen LogP contribution in [0.25, 0.3) is 0 Å². The molecule has 5 nitrogen and oxygen atoms in total. The first-order chi connectivity index (χ1) is 7.10. The Morgan fingerprint density at radius 1 is 1.53 bits per heavy atom. The monoisotopic (exact) mass is 236 g/mol. The molecule has 1 atom stereocenters. The molecule has 0 bridgehead atoms. The van der Waals surface area contributed by atoms with Crippen LogP contribution in [0.5, 0.6) is 0 Å². The van der Waals surface area contributed by atoms with E-state index >= 15 is 0 Å². The Balaban J connectivity index is 2.45. The molecule has 0 aromatic carbocycles. The summed E-state index contributed by atoms with van der Waals surface area (Å²) >= 11 is 0. The van der Waals surface area contributed by atoms with E-state index in [2.05, 4.69) is 0 Å². The zero-order valence-electron chi connectivity index (χ0n) is 9.18. The van der Waals surface area contributed by atoms with Crippen LogP contribution in [0, 0.1) is 5.92 Å². The molecule has 1 heterocycles. The van der Waals surface area contributed by atoms with Crippen molar-refractivity contribution in [2.75, 3.05) is 39.1 Å². The fourth-order valence-corrected chi connectivity index (χ4v) is 3.30. The van der Waals surface area contributed by atoms with Crippen molar-refractivity contribution in [2.24, 2.45) is 11.7 Å². The van der Waals surface area contributed by atoms with E-state index in [-0.39, 0.29) is 12.4 Å². The Hall–Kier alpha value is -0.170. The fourth-order valence-electron chi connectivity index (χ4n) is 1.84. The van der Waals surface area contributed by atoms with Gasteiger partial charge in [-0.25, -0.2) is 12.7 Å². The molecule has 1 saturated heterocycles. The van der Waals surface area contributed by atoms with Gasteiger partial charge in [-0.15, -0.1) is 0 Å². The predicted octanol–water partition coefficient (Wildman–Crippen LogP) is -0.367. The lowest BCUT2D eigenvalue weighted by atomic mass is 10.1. The quantitative estimate of drug-likeness (QED) is 0.683. The molecule has 0 spiro atoms. The molecule has 90 valence electrons. The van der Waals surface area contributed by atoms with E-state index in [1.54, 1.807) is 4.31 Å². The molecular formula is C9H20N2O3S. The molecule has 0 radical (unpaired) electrons. The number of hydrogen-bond donors (Lipinski definition) is 1. The van der Waals surface area contributed by atoms with Gasteiger partial charge in [-0.3, -0.25) is 0 Å². The Bertz CT molecular complexity index is 279. The molecule has 1 fully saturated rings. The number of sulfonamides is 1. The largest absolute Gasteiger partial charge is 0.384 e. The highest BCUT2D eigenvalue weighted by Crippen LogP contribution is 2.21. The van der Waals surface area contributed by atoms with Crippen molar-refractivity contribution in [3.8, 4) is 0 Å². The van der Waals surface area contributed by atoms with E-state index in [9.17, 15) is 8.42 Å². The lowest BCUT2D eigenvalue weighted by Crippen LogP contribution is -2.32. The van der Waals surface area contributed by atoms with Gasteiger partial charge in [-0.1, -0.05) is 0 Å². The second-order valence-corrected chi connectivity index (χ2v) is 5.99. The molecule has 1 aliphatic heterocycles. The van der Waals surface area contributed by atoms with E-state index in [0.717, 1.165) is 12.8 Å². The predicted molar refractivity (Wildman–Crippen MR) is 59.0 cm³/mol. The summed E-state index contributed by atoms with van der Waals surface area (Å²) in [5.41, 5.74) is 5.46. The standard InChI is InChI=1S/C9H20N2O3S/c1-14-6-7-15(12,13)11-5-3-9(8-11)2-4-10/h9H,2-8,10H2,1H3. The molecule has 0 aromatic heterocycles. The van der Waals surface area contributed by atoms with Crippen molar-refractivity contribution in [1.82, 2.24) is 4.31 Å². The second kappa shape index (κ2) is 5.79. The van der Waals surface area contributed by atoms with Crippen LogP contribution in [0.15, 0.2) is 0 Å². The summed E-state index contributed by atoms with van der Waals surface area (Å²) in [4.78, 5) is 0. The fraction of sp³-hybridized carbons (Fsp3) is 1.00. The highest BCUT2D eigenvalue weighted by molar-refractivity contribution is 7.89. The van der Waals surface area contributed by atoms with E-state index in [1.807, 2.05) is 0 Å². The van der Waals surface area contributed by atoms with Crippen LogP contribution in [-0.4, -0.2) is 51.8 Å². The number of methoxy groups -OCH3 is 1. The molecule has 0 amide bonds. The third-order valence-corrected chi connectivity index (χ3v) is 4.56. The Morgan fingerprint density at radius 3 is 2.87 bits per heavy atom. The van der Waals surface area contributed by atoms with Crippen molar-refractivity contribution in [2.45, 2.75) is 12.8 Å². The third-order valence-electron chi connectivity index (χ3n) is 2.76. The van der Waals surface area contributed by atoms with Crippen molar-refractivity contribution >= 4 is 10.0 Å². The van der Waals surface area contributed by atoms with E-state index in [1.165, 1.54) is 7.11 Å². The first-order valence-corrected chi connectivity index (χ1v) is 6.88. The second-order valence-electron chi connectivity index (χ2n) is 3.90. The maximum absolute atomic E-state index is 11.8. The normalized spacial score (nSPS) is 23.5. The van der Waals surface area contributed by atoms with Crippen molar-refractivity contribution < 1.29 is 13.2 Å². The van der Waals surface area contributed by atoms with Crippen LogP contribution in [0.1, 0.15) is 12.8 Å². The van der Waals surface area contributed by atoms with Crippen LogP contribution in [0.2, 0.25) is 0 Å². The lowest BCUT2D eigenvalue weighted by Gasteiger charge is -2.16. The number of rotatable bonds is 6. The highest BCUT2D eigenvalue weighted by Gasteiger charge is 2.30. The van der Waals surface area contributed by atoms with Gasteiger partial charge in [0.1, 0.15) is 0 Å². The van der Waals surface area contributed by atoms with E-state index in [4.69, 9.17) is 10.5 Å². The minimum atomic E-state index is -3.11. The molecule has 6 heteroatoms. The van der Waals surface area contributed by atoms with Gasteiger partial charge in [-0.05, 0) is 25.3 Å². The molecular weight excluding hydrogens is 216 g/mol. The molecule has 0 aliphatic carbocycles. The average Bonchev–Trinajstić information content (AvgIpc) is 2.65. The highest BCUT2D eigenvalue weighted by atomic mass is 32.2. The topological polar surface area (TPSA) is 72.6 Å². The third kappa shape index (κ3) is 3.71. The number of nitrogens with two attached hydrogens (primary N) is 1. The maximum Gasteiger partial charge on any atom is 0.216 e. The van der Waals surface area contributed by atoms with Gasteiger partial charge in [0, 0.05) is 20.2 Å². The average molecular weight is 236 g/mol. The summed E-state index contributed by atoms with van der Waals surface area (Å²) in [6.07, 6.45) is 1.85. The van der Waals surface area contributed by atoms with Gasteiger partial charge in [0.2, 0.25) is 10.0 Å². The molecule has 2 N–H and O–H groups in total. The van der Waals surface area contributed by atoms with Crippen LogP contribution in [0.3, 0.4) is 0 Å². The van der Waals surface area contributed by atoms with Gasteiger partial charge in [-0.2, -0.15) is 0 Å². The minimum Gasteiger partial charge on any atom is -0.384 e. The van der Waals surface area contributed by atoms with Gasteiger partial charge in [0.25, 0.3) is 0 Å². The zero-order valence-corrected chi connectivity index (χ0v) is 10.0. The Labute approximate surface area is 91.6 Å². The molecule has 1 unspecified atom stereocenters. The van der Waals surface area contributed by atoms with Crippen molar-refractivity contribution in [3.05, 3.63) is 0 Å². The zero-order chi connectivity index (χ0) is 11.3. The number of hydrogen-bond acceptors (Lipinski definition) is 4. The molecule has 0 aromatic rings. The molecule has 1 rings (SSSR count). The van der Waals surface area contributed by atoms with Crippen molar-refractivity contribution in [1.29, 1.82) is 0 Å². The first-order valence-electron chi connectivity index (χ1n) is 5.27. The first kappa shape index (κ1) is 12.9. The maximum atomic E-state index is 11.8. The smallest absolute Gasteiger partial charge is 0.216 e. The summed E-state index contributed by atoms with van der Waals surface area (Å²) in [6.45, 7) is 2.16. The SMILES string of the molecule is COCCS(=O)(=O)N1CCC(CCN)C1. The summed E-state index contributed by atoms with van der Waals surface area (Å²) < 4.78 is 29.9. The van der Waals surface area contributed by atoms with Crippen LogP contribution in [0.4, 0.5) is 0 Å². The summed E-state index contributed by atoms with van der Waals surface area (Å²) in [6, 6.07) is 0. The van der Waals surface area contributed by atoms with Crippen LogP contribution in [-0.2, 0) is 14.8 Å². The molecule has 15 heavy (non-hydrogen) atoms. The van der Waals surface area contributed by atoms with Gasteiger partial charge >= 0.3 is 0 Å². The van der Waals surface area contributed by atoms with Crippen molar-refractivity contribution in [3.63, 3.8) is 0 Å². The summed E-state index contributed by atoms with van der Waals surface area (Å²) in [7, 11) is -1.60. The molecule has 1 aliphatic rings. The lowest BCUT2D eigenvalue weighted by molar-refractivity contribution is 0.215. The van der Waals surface area contributed by atoms with Gasteiger partial charge in [0.05, 0.1) is 12.4 Å². The Morgan fingerprint density at radius 2 is 2.27 bits per heavy atom. The van der Waals surface area contributed by atoms with E-state index in [0.29, 0.717) is 25.6 Å². The Kier molecular flexibility index (Phi) is 4.98. The minimum absolute atomic E-state index is 0.0822. The number of ether oxygens (including phenoxy) is 1. The van der Waals surface area contributed by atoms with E-state index < -0.39 is 10.0 Å². The summed E-state index contributed by atoms with van der Waals surface area (Å²) in [5, 5.41) is 0. The van der Waals surface area contributed by atoms with Crippen LogP contribution >= 0.6 is 0 Å². The van der Waals surface area contributed by atoms with Crippen LogP contribution < -0.4 is 5.73 Å².